The number of benzene rings is 1. The molecule has 0 bridgehead atoms. The SMILES string of the molecule is Cc1ccc(-c2cc(C(=O)NC3CCCCC3)c3ccccc3n2)o1. The second kappa shape index (κ2) is 6.71. The fourth-order valence-corrected chi connectivity index (χ4v) is 3.57. The molecule has 1 fully saturated rings. The van der Waals surface area contributed by atoms with Crippen LogP contribution in [0.15, 0.2) is 46.9 Å². The smallest absolute Gasteiger partial charge is 0.252 e. The van der Waals surface area contributed by atoms with Crippen LogP contribution < -0.4 is 5.32 Å². The number of aryl methyl sites for hydroxylation is 1. The zero-order valence-electron chi connectivity index (χ0n) is 14.4. The summed E-state index contributed by atoms with van der Waals surface area (Å²) in [6.07, 6.45) is 5.79. The molecule has 0 radical (unpaired) electrons. The van der Waals surface area contributed by atoms with E-state index in [4.69, 9.17) is 4.42 Å². The minimum Gasteiger partial charge on any atom is -0.460 e. The Balaban J connectivity index is 1.74. The molecule has 4 nitrogen and oxygen atoms in total. The van der Waals surface area contributed by atoms with Gasteiger partial charge in [0.2, 0.25) is 0 Å². The number of pyridine rings is 1. The highest BCUT2D eigenvalue weighted by atomic mass is 16.3. The molecule has 1 saturated carbocycles. The lowest BCUT2D eigenvalue weighted by molar-refractivity contribution is 0.0929. The third-order valence-corrected chi connectivity index (χ3v) is 4.89. The van der Waals surface area contributed by atoms with Crippen molar-refractivity contribution in [1.29, 1.82) is 0 Å². The lowest BCUT2D eigenvalue weighted by Crippen LogP contribution is -2.36. The lowest BCUT2D eigenvalue weighted by Gasteiger charge is -2.23. The van der Waals surface area contributed by atoms with Gasteiger partial charge in [-0.3, -0.25) is 4.79 Å². The number of aromatic nitrogens is 1. The summed E-state index contributed by atoms with van der Waals surface area (Å²) in [7, 11) is 0. The van der Waals surface area contributed by atoms with Gasteiger partial charge in [0, 0.05) is 11.4 Å². The van der Waals surface area contributed by atoms with Gasteiger partial charge < -0.3 is 9.73 Å². The van der Waals surface area contributed by atoms with Crippen LogP contribution in [0.5, 0.6) is 0 Å². The number of furan rings is 1. The van der Waals surface area contributed by atoms with Crippen molar-refractivity contribution >= 4 is 16.8 Å². The molecule has 128 valence electrons. The molecule has 2 aromatic heterocycles. The number of hydrogen-bond donors (Lipinski definition) is 1. The van der Waals surface area contributed by atoms with E-state index >= 15 is 0 Å². The predicted molar refractivity (Wildman–Crippen MR) is 98.5 cm³/mol. The van der Waals surface area contributed by atoms with Crippen molar-refractivity contribution in [2.24, 2.45) is 0 Å². The number of amides is 1. The van der Waals surface area contributed by atoms with E-state index in [-0.39, 0.29) is 11.9 Å². The molecule has 25 heavy (non-hydrogen) atoms. The second-order valence-electron chi connectivity index (χ2n) is 6.79. The molecule has 1 amide bonds. The van der Waals surface area contributed by atoms with Crippen molar-refractivity contribution in [3.63, 3.8) is 0 Å². The number of rotatable bonds is 3. The molecule has 1 aliphatic carbocycles. The third kappa shape index (κ3) is 3.29. The number of carbonyl (C=O) groups excluding carboxylic acids is 1. The minimum absolute atomic E-state index is 0.0185. The maximum Gasteiger partial charge on any atom is 0.252 e. The van der Waals surface area contributed by atoms with E-state index < -0.39 is 0 Å². The van der Waals surface area contributed by atoms with Crippen LogP contribution in [0, 0.1) is 6.92 Å². The normalized spacial score (nSPS) is 15.4. The highest BCUT2D eigenvalue weighted by molar-refractivity contribution is 6.07. The van der Waals surface area contributed by atoms with Gasteiger partial charge in [0.1, 0.15) is 11.5 Å². The summed E-state index contributed by atoms with van der Waals surface area (Å²) in [6.45, 7) is 1.90. The summed E-state index contributed by atoms with van der Waals surface area (Å²) in [4.78, 5) is 17.6. The Morgan fingerprint density at radius 1 is 1.12 bits per heavy atom. The van der Waals surface area contributed by atoms with Gasteiger partial charge in [0.25, 0.3) is 5.91 Å². The summed E-state index contributed by atoms with van der Waals surface area (Å²) in [6, 6.07) is 13.7. The Morgan fingerprint density at radius 3 is 2.68 bits per heavy atom. The third-order valence-electron chi connectivity index (χ3n) is 4.89. The maximum atomic E-state index is 12.9. The number of nitrogens with zero attached hydrogens (tertiary/aromatic N) is 1. The van der Waals surface area contributed by atoms with Crippen LogP contribution in [0.1, 0.15) is 48.2 Å². The number of hydrogen-bond acceptors (Lipinski definition) is 3. The molecule has 1 N–H and O–H groups in total. The van der Waals surface area contributed by atoms with Crippen LogP contribution >= 0.6 is 0 Å². The molecule has 2 heterocycles. The molecule has 0 aliphatic heterocycles. The van der Waals surface area contributed by atoms with E-state index in [1.54, 1.807) is 0 Å². The van der Waals surface area contributed by atoms with E-state index in [0.29, 0.717) is 17.0 Å². The van der Waals surface area contributed by atoms with Gasteiger partial charge in [0.05, 0.1) is 11.1 Å². The molecule has 1 aromatic carbocycles. The van der Waals surface area contributed by atoms with Gasteiger partial charge in [-0.1, -0.05) is 37.5 Å². The van der Waals surface area contributed by atoms with Crippen LogP contribution in [0.3, 0.4) is 0 Å². The van der Waals surface area contributed by atoms with E-state index in [0.717, 1.165) is 29.5 Å². The van der Waals surface area contributed by atoms with Crippen molar-refractivity contribution in [2.45, 2.75) is 45.1 Å². The van der Waals surface area contributed by atoms with Crippen LogP contribution in [0.4, 0.5) is 0 Å². The Labute approximate surface area is 147 Å². The van der Waals surface area contributed by atoms with Crippen molar-refractivity contribution in [2.75, 3.05) is 0 Å². The molecule has 3 aromatic rings. The molecule has 4 rings (SSSR count). The first-order valence-corrected chi connectivity index (χ1v) is 8.98. The highest BCUT2D eigenvalue weighted by Crippen LogP contribution is 2.27. The van der Waals surface area contributed by atoms with Crippen LogP contribution in [0.2, 0.25) is 0 Å². The topological polar surface area (TPSA) is 55.1 Å². The molecule has 0 spiro atoms. The highest BCUT2D eigenvalue weighted by Gasteiger charge is 2.20. The largest absolute Gasteiger partial charge is 0.460 e. The summed E-state index contributed by atoms with van der Waals surface area (Å²) >= 11 is 0. The van der Waals surface area contributed by atoms with E-state index in [9.17, 15) is 4.79 Å². The molecular weight excluding hydrogens is 312 g/mol. The van der Waals surface area contributed by atoms with Crippen molar-refractivity contribution < 1.29 is 9.21 Å². The minimum atomic E-state index is -0.0185. The van der Waals surface area contributed by atoms with Crippen molar-refractivity contribution in [1.82, 2.24) is 10.3 Å². The first-order valence-electron chi connectivity index (χ1n) is 8.98. The van der Waals surface area contributed by atoms with Crippen molar-refractivity contribution in [3.8, 4) is 11.5 Å². The lowest BCUT2D eigenvalue weighted by atomic mass is 9.95. The zero-order chi connectivity index (χ0) is 17.2. The Kier molecular flexibility index (Phi) is 4.26. The number of nitrogens with one attached hydrogen (secondary N) is 1. The first kappa shape index (κ1) is 15.9. The zero-order valence-corrected chi connectivity index (χ0v) is 14.4. The Hall–Kier alpha value is -2.62. The molecule has 1 aliphatic rings. The number of carbonyl (C=O) groups is 1. The van der Waals surface area contributed by atoms with Crippen LogP contribution in [0.25, 0.3) is 22.4 Å². The van der Waals surface area contributed by atoms with Crippen molar-refractivity contribution in [3.05, 3.63) is 53.8 Å². The van der Waals surface area contributed by atoms with Gasteiger partial charge in [0.15, 0.2) is 5.76 Å². The quantitative estimate of drug-likeness (QED) is 0.744. The van der Waals surface area contributed by atoms with E-state index in [1.807, 2.05) is 49.4 Å². The van der Waals surface area contributed by atoms with Gasteiger partial charge in [-0.15, -0.1) is 0 Å². The molecular formula is C21H22N2O2. The number of fused-ring (bicyclic) bond motifs is 1. The monoisotopic (exact) mass is 334 g/mol. The van der Waals surface area contributed by atoms with Crippen LogP contribution in [-0.4, -0.2) is 16.9 Å². The molecule has 0 saturated heterocycles. The Morgan fingerprint density at radius 2 is 1.92 bits per heavy atom. The number of para-hydroxylation sites is 1. The van der Waals surface area contributed by atoms with Gasteiger partial charge in [-0.25, -0.2) is 4.98 Å². The Bertz CT molecular complexity index is 907. The van der Waals surface area contributed by atoms with Gasteiger partial charge >= 0.3 is 0 Å². The van der Waals surface area contributed by atoms with E-state index in [2.05, 4.69) is 10.3 Å². The fourth-order valence-electron chi connectivity index (χ4n) is 3.57. The summed E-state index contributed by atoms with van der Waals surface area (Å²) in [5, 5.41) is 4.09. The first-order chi connectivity index (χ1) is 12.2. The average molecular weight is 334 g/mol. The van der Waals surface area contributed by atoms with Gasteiger partial charge in [-0.2, -0.15) is 0 Å². The molecule has 4 heteroatoms. The molecule has 0 atom stereocenters. The second-order valence-corrected chi connectivity index (χ2v) is 6.79. The maximum absolute atomic E-state index is 12.9. The van der Waals surface area contributed by atoms with E-state index in [1.165, 1.54) is 19.3 Å². The van der Waals surface area contributed by atoms with Gasteiger partial charge in [-0.05, 0) is 44.0 Å². The standard InChI is InChI=1S/C21H22N2O2/c1-14-11-12-20(25-14)19-13-17(16-9-5-6-10-18(16)23-19)21(24)22-15-7-3-2-4-8-15/h5-6,9-13,15H,2-4,7-8H2,1H3,(H,22,24). The van der Waals surface area contributed by atoms with Crippen LogP contribution in [-0.2, 0) is 0 Å². The average Bonchev–Trinajstić information content (AvgIpc) is 3.08. The summed E-state index contributed by atoms with van der Waals surface area (Å²) in [5.41, 5.74) is 2.17. The molecule has 0 unspecified atom stereocenters. The summed E-state index contributed by atoms with van der Waals surface area (Å²) < 4.78 is 5.71. The predicted octanol–water partition coefficient (Wildman–Crippen LogP) is 4.87. The fraction of sp³-hybridized carbons (Fsp3) is 0.333. The summed E-state index contributed by atoms with van der Waals surface area (Å²) in [5.74, 6) is 1.50.